The molecule has 5 nitrogen and oxygen atoms in total. The third kappa shape index (κ3) is 3.93. The van der Waals surface area contributed by atoms with Gasteiger partial charge in [0.25, 0.3) is 5.91 Å². The van der Waals surface area contributed by atoms with Gasteiger partial charge in [-0.3, -0.25) is 4.79 Å². The van der Waals surface area contributed by atoms with Gasteiger partial charge in [-0.2, -0.15) is 0 Å². The molecule has 27 heavy (non-hydrogen) atoms. The fraction of sp³-hybridized carbons (Fsp3) is 0.545. The van der Waals surface area contributed by atoms with E-state index in [1.54, 1.807) is 0 Å². The summed E-state index contributed by atoms with van der Waals surface area (Å²) in [4.78, 5) is 15.4. The number of hydrogen-bond donors (Lipinski definition) is 0. The lowest BCUT2D eigenvalue weighted by Crippen LogP contribution is -2.51. The largest absolute Gasteiger partial charge is 0.371 e. The normalized spacial score (nSPS) is 22.8. The SMILES string of the molecule is CCCC[C@@H]1CN(C(=O)c2c(-c3ccccc3)noc2C)C[C@H](C2CC2)O1. The summed E-state index contributed by atoms with van der Waals surface area (Å²) in [5.74, 6) is 1.21. The number of ether oxygens (including phenoxy) is 1. The first-order valence-corrected chi connectivity index (χ1v) is 10.1. The Morgan fingerprint density at radius 3 is 2.70 bits per heavy atom. The Morgan fingerprint density at radius 1 is 1.22 bits per heavy atom. The van der Waals surface area contributed by atoms with Crippen LogP contribution >= 0.6 is 0 Å². The van der Waals surface area contributed by atoms with E-state index in [1.165, 1.54) is 12.8 Å². The van der Waals surface area contributed by atoms with Gasteiger partial charge in [0.2, 0.25) is 0 Å². The number of amides is 1. The van der Waals surface area contributed by atoms with Crippen molar-refractivity contribution >= 4 is 5.91 Å². The van der Waals surface area contributed by atoms with Gasteiger partial charge in [0.1, 0.15) is 17.0 Å². The lowest BCUT2D eigenvalue weighted by molar-refractivity contribution is -0.0874. The first kappa shape index (κ1) is 18.2. The minimum absolute atomic E-state index is 0.0167. The average Bonchev–Trinajstić information content (AvgIpc) is 3.48. The van der Waals surface area contributed by atoms with Crippen LogP contribution in [0.4, 0.5) is 0 Å². The predicted octanol–water partition coefficient (Wildman–Crippen LogP) is 4.46. The van der Waals surface area contributed by atoms with E-state index in [9.17, 15) is 4.79 Å². The average molecular weight is 368 g/mol. The molecule has 2 heterocycles. The molecular weight excluding hydrogens is 340 g/mol. The number of carbonyl (C=O) groups is 1. The van der Waals surface area contributed by atoms with Gasteiger partial charge in [-0.25, -0.2) is 0 Å². The van der Waals surface area contributed by atoms with Crippen LogP contribution in [0.3, 0.4) is 0 Å². The molecule has 1 amide bonds. The summed E-state index contributed by atoms with van der Waals surface area (Å²) < 4.78 is 11.7. The third-order valence-corrected chi connectivity index (χ3v) is 5.63. The Hall–Kier alpha value is -2.14. The highest BCUT2D eigenvalue weighted by molar-refractivity contribution is 6.00. The van der Waals surface area contributed by atoms with Crippen molar-refractivity contribution in [3.63, 3.8) is 0 Å². The molecule has 4 rings (SSSR count). The van der Waals surface area contributed by atoms with Crippen molar-refractivity contribution < 1.29 is 14.1 Å². The molecule has 5 heteroatoms. The Balaban J connectivity index is 1.59. The highest BCUT2D eigenvalue weighted by Crippen LogP contribution is 2.38. The minimum atomic E-state index is 0.0167. The van der Waals surface area contributed by atoms with Crippen LogP contribution < -0.4 is 0 Å². The fourth-order valence-electron chi connectivity index (χ4n) is 3.93. The molecule has 2 fully saturated rings. The van der Waals surface area contributed by atoms with Crippen molar-refractivity contribution in [1.82, 2.24) is 10.1 Å². The number of morpholine rings is 1. The van der Waals surface area contributed by atoms with E-state index < -0.39 is 0 Å². The molecule has 0 radical (unpaired) electrons. The second-order valence-electron chi connectivity index (χ2n) is 7.81. The van der Waals surface area contributed by atoms with Gasteiger partial charge in [0.05, 0.1) is 12.2 Å². The Labute approximate surface area is 160 Å². The maximum absolute atomic E-state index is 13.5. The first-order valence-electron chi connectivity index (χ1n) is 10.1. The molecule has 1 saturated carbocycles. The number of rotatable bonds is 6. The Morgan fingerprint density at radius 2 is 2.00 bits per heavy atom. The Bertz CT molecular complexity index is 782. The van der Waals surface area contributed by atoms with Crippen molar-refractivity contribution in [2.45, 2.75) is 58.2 Å². The molecule has 144 valence electrons. The van der Waals surface area contributed by atoms with Gasteiger partial charge < -0.3 is 14.2 Å². The van der Waals surface area contributed by atoms with Gasteiger partial charge in [0.15, 0.2) is 0 Å². The van der Waals surface area contributed by atoms with Crippen LogP contribution in [-0.4, -0.2) is 41.3 Å². The van der Waals surface area contributed by atoms with Crippen molar-refractivity contribution in [3.8, 4) is 11.3 Å². The molecule has 0 spiro atoms. The first-order chi connectivity index (χ1) is 13.2. The molecule has 0 bridgehead atoms. The van der Waals surface area contributed by atoms with E-state index in [1.807, 2.05) is 42.2 Å². The van der Waals surface area contributed by atoms with Crippen LogP contribution in [0.15, 0.2) is 34.9 Å². The number of nitrogens with zero attached hydrogens (tertiary/aromatic N) is 2. The molecule has 2 aromatic rings. The summed E-state index contributed by atoms with van der Waals surface area (Å²) in [7, 11) is 0. The predicted molar refractivity (Wildman–Crippen MR) is 103 cm³/mol. The smallest absolute Gasteiger partial charge is 0.259 e. The maximum atomic E-state index is 13.5. The third-order valence-electron chi connectivity index (χ3n) is 5.63. The topological polar surface area (TPSA) is 55.6 Å². The highest BCUT2D eigenvalue weighted by Gasteiger charge is 2.40. The van der Waals surface area contributed by atoms with Crippen LogP contribution in [0, 0.1) is 12.8 Å². The monoisotopic (exact) mass is 368 g/mol. The summed E-state index contributed by atoms with van der Waals surface area (Å²) in [6, 6.07) is 9.78. The summed E-state index contributed by atoms with van der Waals surface area (Å²) in [5, 5.41) is 4.18. The number of benzene rings is 1. The van der Waals surface area contributed by atoms with Crippen molar-refractivity contribution in [3.05, 3.63) is 41.7 Å². The second-order valence-corrected chi connectivity index (χ2v) is 7.81. The second kappa shape index (κ2) is 7.85. The van der Waals surface area contributed by atoms with E-state index in [4.69, 9.17) is 9.26 Å². The summed E-state index contributed by atoms with van der Waals surface area (Å²) >= 11 is 0. The number of aromatic nitrogens is 1. The number of unbranched alkanes of at least 4 members (excludes halogenated alkanes) is 1. The van der Waals surface area contributed by atoms with Gasteiger partial charge >= 0.3 is 0 Å². The highest BCUT2D eigenvalue weighted by atomic mass is 16.5. The van der Waals surface area contributed by atoms with E-state index in [-0.39, 0.29) is 18.1 Å². The zero-order valence-corrected chi connectivity index (χ0v) is 16.2. The molecule has 1 aromatic carbocycles. The number of carbonyl (C=O) groups excluding carboxylic acids is 1. The van der Waals surface area contributed by atoms with Crippen molar-refractivity contribution in [2.75, 3.05) is 13.1 Å². The van der Waals surface area contributed by atoms with Crippen molar-refractivity contribution in [1.29, 1.82) is 0 Å². The van der Waals surface area contributed by atoms with Crippen LogP contribution in [0.1, 0.15) is 55.1 Å². The van der Waals surface area contributed by atoms with Crippen LogP contribution in [0.5, 0.6) is 0 Å². The molecule has 2 atom stereocenters. The Kier molecular flexibility index (Phi) is 5.30. The number of hydrogen-bond acceptors (Lipinski definition) is 4. The fourth-order valence-corrected chi connectivity index (χ4v) is 3.93. The molecule has 0 unspecified atom stereocenters. The molecule has 1 aliphatic heterocycles. The molecule has 0 N–H and O–H groups in total. The van der Waals surface area contributed by atoms with Gasteiger partial charge in [-0.15, -0.1) is 0 Å². The van der Waals surface area contributed by atoms with Crippen LogP contribution in [0.2, 0.25) is 0 Å². The minimum Gasteiger partial charge on any atom is -0.371 e. The maximum Gasteiger partial charge on any atom is 0.259 e. The van der Waals surface area contributed by atoms with Gasteiger partial charge in [-0.1, -0.05) is 55.3 Å². The van der Waals surface area contributed by atoms with Gasteiger partial charge in [-0.05, 0) is 32.1 Å². The van der Waals surface area contributed by atoms with Crippen LogP contribution in [-0.2, 0) is 4.74 Å². The molecule has 1 aromatic heterocycles. The van der Waals surface area contributed by atoms with E-state index in [0.717, 1.165) is 24.8 Å². The lowest BCUT2D eigenvalue weighted by Gasteiger charge is -2.38. The summed E-state index contributed by atoms with van der Waals surface area (Å²) in [5.41, 5.74) is 2.14. The molecule has 1 saturated heterocycles. The molecule has 2 aliphatic rings. The van der Waals surface area contributed by atoms with E-state index in [2.05, 4.69) is 12.1 Å². The number of aryl methyl sites for hydroxylation is 1. The van der Waals surface area contributed by atoms with Crippen LogP contribution in [0.25, 0.3) is 11.3 Å². The van der Waals surface area contributed by atoms with Crippen molar-refractivity contribution in [2.24, 2.45) is 5.92 Å². The standard InChI is InChI=1S/C22H28N2O3/c1-3-4-10-18-13-24(14-19(26-18)16-11-12-16)22(25)20-15(2)27-23-21(20)17-8-6-5-7-9-17/h5-9,16,18-19H,3-4,10-14H2,1-2H3/t18-,19-/m1/s1. The van der Waals surface area contributed by atoms with Gasteiger partial charge in [0, 0.05) is 18.7 Å². The zero-order valence-electron chi connectivity index (χ0n) is 16.2. The molecular formula is C22H28N2O3. The lowest BCUT2D eigenvalue weighted by atomic mass is 10.0. The van der Waals surface area contributed by atoms with E-state index >= 15 is 0 Å². The van der Waals surface area contributed by atoms with E-state index in [0.29, 0.717) is 36.0 Å². The zero-order chi connectivity index (χ0) is 18.8. The summed E-state index contributed by atoms with van der Waals surface area (Å²) in [6.45, 7) is 5.34. The molecule has 1 aliphatic carbocycles. The quantitative estimate of drug-likeness (QED) is 0.755. The summed E-state index contributed by atoms with van der Waals surface area (Å²) in [6.07, 6.45) is 6.02.